The predicted molar refractivity (Wildman–Crippen MR) is 78.2 cm³/mol. The van der Waals surface area contributed by atoms with E-state index in [1.807, 2.05) is 6.92 Å². The molecule has 0 aliphatic rings. The van der Waals surface area contributed by atoms with Crippen LogP contribution in [0.15, 0.2) is 29.2 Å². The average molecular weight is 284 g/mol. The average Bonchev–Trinajstić information content (AvgIpc) is 2.37. The standard InChI is InChI=1S/C14H24N2O2S/c1-4-11(2)9-12(3)16-19(17,18)14-8-6-5-7-13(14)10-15/h5-8,11-12,16H,4,9-10,15H2,1-3H3. The maximum Gasteiger partial charge on any atom is 0.241 e. The summed E-state index contributed by atoms with van der Waals surface area (Å²) in [5.74, 6) is 0.502. The molecule has 1 aromatic carbocycles. The fraction of sp³-hybridized carbons (Fsp3) is 0.571. The molecule has 1 aromatic rings. The largest absolute Gasteiger partial charge is 0.326 e. The van der Waals surface area contributed by atoms with Crippen molar-refractivity contribution in [2.45, 2.75) is 51.1 Å². The second-order valence-corrected chi connectivity index (χ2v) is 6.77. The quantitative estimate of drug-likeness (QED) is 0.806. The van der Waals surface area contributed by atoms with Gasteiger partial charge < -0.3 is 5.73 Å². The molecule has 5 heteroatoms. The van der Waals surface area contributed by atoms with Crippen LogP contribution in [0.25, 0.3) is 0 Å². The molecule has 0 saturated heterocycles. The van der Waals surface area contributed by atoms with Gasteiger partial charge in [-0.05, 0) is 30.9 Å². The first kappa shape index (κ1) is 16.1. The normalized spacial score (nSPS) is 15.2. The van der Waals surface area contributed by atoms with Gasteiger partial charge in [-0.25, -0.2) is 13.1 Å². The van der Waals surface area contributed by atoms with Crippen LogP contribution < -0.4 is 10.5 Å². The maximum atomic E-state index is 12.3. The first-order valence-corrected chi connectivity index (χ1v) is 8.19. The Morgan fingerprint density at radius 2 is 1.89 bits per heavy atom. The molecule has 0 radical (unpaired) electrons. The van der Waals surface area contributed by atoms with Crippen LogP contribution in [-0.4, -0.2) is 14.5 Å². The summed E-state index contributed by atoms with van der Waals surface area (Å²) in [5, 5.41) is 0. The van der Waals surface area contributed by atoms with Gasteiger partial charge in [-0.1, -0.05) is 38.5 Å². The monoisotopic (exact) mass is 284 g/mol. The van der Waals surface area contributed by atoms with Gasteiger partial charge >= 0.3 is 0 Å². The summed E-state index contributed by atoms with van der Waals surface area (Å²) in [7, 11) is -3.49. The molecule has 4 nitrogen and oxygen atoms in total. The van der Waals surface area contributed by atoms with Gasteiger partial charge in [0.05, 0.1) is 4.90 Å². The lowest BCUT2D eigenvalue weighted by Gasteiger charge is -2.18. The van der Waals surface area contributed by atoms with Gasteiger partial charge in [-0.3, -0.25) is 0 Å². The van der Waals surface area contributed by atoms with Crippen LogP contribution >= 0.6 is 0 Å². The number of hydrogen-bond donors (Lipinski definition) is 2. The Hall–Kier alpha value is -0.910. The fourth-order valence-electron chi connectivity index (χ4n) is 2.08. The number of benzene rings is 1. The van der Waals surface area contributed by atoms with Crippen molar-refractivity contribution in [3.05, 3.63) is 29.8 Å². The van der Waals surface area contributed by atoms with E-state index in [2.05, 4.69) is 18.6 Å². The molecule has 0 aliphatic heterocycles. The molecule has 0 aliphatic carbocycles. The SMILES string of the molecule is CCC(C)CC(C)NS(=O)(=O)c1ccccc1CN. The zero-order valence-corrected chi connectivity index (χ0v) is 12.7. The van der Waals surface area contributed by atoms with Crippen molar-refractivity contribution in [3.63, 3.8) is 0 Å². The molecule has 0 fully saturated rings. The number of nitrogens with one attached hydrogen (secondary N) is 1. The third-order valence-electron chi connectivity index (χ3n) is 3.29. The molecule has 2 unspecified atom stereocenters. The third kappa shape index (κ3) is 4.60. The lowest BCUT2D eigenvalue weighted by molar-refractivity contribution is 0.445. The number of nitrogens with two attached hydrogens (primary N) is 1. The Morgan fingerprint density at radius 3 is 2.47 bits per heavy atom. The first-order valence-electron chi connectivity index (χ1n) is 6.71. The van der Waals surface area contributed by atoms with E-state index in [0.717, 1.165) is 12.8 Å². The second-order valence-electron chi connectivity index (χ2n) is 5.08. The summed E-state index contributed by atoms with van der Waals surface area (Å²) in [6.45, 7) is 6.35. The molecular formula is C14H24N2O2S. The molecule has 0 heterocycles. The minimum Gasteiger partial charge on any atom is -0.326 e. The van der Waals surface area contributed by atoms with E-state index in [1.54, 1.807) is 24.3 Å². The topological polar surface area (TPSA) is 72.2 Å². The van der Waals surface area contributed by atoms with Gasteiger partial charge in [0.25, 0.3) is 0 Å². The number of sulfonamides is 1. The van der Waals surface area contributed by atoms with E-state index < -0.39 is 10.0 Å². The lowest BCUT2D eigenvalue weighted by atomic mass is 10.0. The molecule has 3 N–H and O–H groups in total. The Bertz CT molecular complexity index is 500. The molecule has 19 heavy (non-hydrogen) atoms. The molecule has 108 valence electrons. The molecule has 0 amide bonds. The molecule has 2 atom stereocenters. The van der Waals surface area contributed by atoms with Crippen molar-refractivity contribution in [2.24, 2.45) is 11.7 Å². The zero-order valence-electron chi connectivity index (χ0n) is 11.9. The summed E-state index contributed by atoms with van der Waals surface area (Å²) in [6.07, 6.45) is 1.88. The van der Waals surface area contributed by atoms with E-state index in [9.17, 15) is 8.42 Å². The minimum absolute atomic E-state index is 0.0780. The Kier molecular flexibility index (Phi) is 5.97. The minimum atomic E-state index is -3.49. The highest BCUT2D eigenvalue weighted by Crippen LogP contribution is 2.17. The summed E-state index contributed by atoms with van der Waals surface area (Å²) in [5.41, 5.74) is 6.23. The second kappa shape index (κ2) is 7.03. The lowest BCUT2D eigenvalue weighted by Crippen LogP contribution is -2.34. The van der Waals surface area contributed by atoms with Crippen LogP contribution in [0.2, 0.25) is 0 Å². The van der Waals surface area contributed by atoms with Gasteiger partial charge in [0, 0.05) is 12.6 Å². The van der Waals surface area contributed by atoms with Crippen molar-refractivity contribution in [3.8, 4) is 0 Å². The molecular weight excluding hydrogens is 260 g/mol. The van der Waals surface area contributed by atoms with E-state index in [-0.39, 0.29) is 17.5 Å². The van der Waals surface area contributed by atoms with Gasteiger partial charge in [-0.2, -0.15) is 0 Å². The van der Waals surface area contributed by atoms with Gasteiger partial charge in [0.2, 0.25) is 10.0 Å². The van der Waals surface area contributed by atoms with Crippen molar-refractivity contribution >= 4 is 10.0 Å². The van der Waals surface area contributed by atoms with Gasteiger partial charge in [-0.15, -0.1) is 0 Å². The van der Waals surface area contributed by atoms with Gasteiger partial charge in [0.15, 0.2) is 0 Å². The van der Waals surface area contributed by atoms with Crippen LogP contribution in [0.1, 0.15) is 39.2 Å². The predicted octanol–water partition coefficient (Wildman–Crippen LogP) is 2.25. The molecule has 1 rings (SSSR count). The summed E-state index contributed by atoms with van der Waals surface area (Å²) < 4.78 is 27.4. The highest BCUT2D eigenvalue weighted by molar-refractivity contribution is 7.89. The maximum absolute atomic E-state index is 12.3. The molecule has 0 spiro atoms. The van der Waals surface area contributed by atoms with Crippen LogP contribution in [0.5, 0.6) is 0 Å². The summed E-state index contributed by atoms with van der Waals surface area (Å²) in [4.78, 5) is 0.286. The van der Waals surface area contributed by atoms with Crippen molar-refractivity contribution in [1.82, 2.24) is 4.72 Å². The molecule has 0 saturated carbocycles. The van der Waals surface area contributed by atoms with Crippen LogP contribution in [0, 0.1) is 5.92 Å². The summed E-state index contributed by atoms with van der Waals surface area (Å²) in [6, 6.07) is 6.77. The fourth-order valence-corrected chi connectivity index (χ4v) is 3.59. The Labute approximate surface area is 116 Å². The van der Waals surface area contributed by atoms with Crippen molar-refractivity contribution in [2.75, 3.05) is 0 Å². The van der Waals surface area contributed by atoms with Crippen LogP contribution in [0.3, 0.4) is 0 Å². The Balaban J connectivity index is 2.86. The van der Waals surface area contributed by atoms with Gasteiger partial charge in [0.1, 0.15) is 0 Å². The third-order valence-corrected chi connectivity index (χ3v) is 4.98. The van der Waals surface area contributed by atoms with E-state index in [0.29, 0.717) is 11.5 Å². The van der Waals surface area contributed by atoms with E-state index in [4.69, 9.17) is 5.73 Å². The highest BCUT2D eigenvalue weighted by Gasteiger charge is 2.20. The van der Waals surface area contributed by atoms with Crippen LogP contribution in [0.4, 0.5) is 0 Å². The number of rotatable bonds is 7. The summed E-state index contributed by atoms with van der Waals surface area (Å²) >= 11 is 0. The van der Waals surface area contributed by atoms with Crippen LogP contribution in [-0.2, 0) is 16.6 Å². The smallest absolute Gasteiger partial charge is 0.241 e. The highest BCUT2D eigenvalue weighted by atomic mass is 32.2. The van der Waals surface area contributed by atoms with E-state index in [1.165, 1.54) is 0 Å². The molecule has 0 bridgehead atoms. The molecule has 0 aromatic heterocycles. The Morgan fingerprint density at radius 1 is 1.26 bits per heavy atom. The number of hydrogen-bond acceptors (Lipinski definition) is 3. The van der Waals surface area contributed by atoms with E-state index >= 15 is 0 Å². The zero-order chi connectivity index (χ0) is 14.5. The first-order chi connectivity index (χ1) is 8.90. The van der Waals surface area contributed by atoms with Crippen molar-refractivity contribution in [1.29, 1.82) is 0 Å². The van der Waals surface area contributed by atoms with Crippen molar-refractivity contribution < 1.29 is 8.42 Å².